The van der Waals surface area contributed by atoms with Crippen molar-refractivity contribution in [3.05, 3.63) is 41.5 Å². The number of anilines is 1. The molecule has 0 atom stereocenters. The first kappa shape index (κ1) is 20.1. The van der Waals surface area contributed by atoms with Crippen molar-refractivity contribution in [3.8, 4) is 5.69 Å². The fourth-order valence-corrected chi connectivity index (χ4v) is 4.13. The molecule has 3 aliphatic rings. The third kappa shape index (κ3) is 3.92. The number of rotatable bonds is 3. The number of carbonyl (C=O) groups is 2. The highest BCUT2D eigenvalue weighted by molar-refractivity contribution is 6.07. The molecule has 0 unspecified atom stereocenters. The van der Waals surface area contributed by atoms with Crippen molar-refractivity contribution in [1.82, 2.24) is 14.5 Å². The van der Waals surface area contributed by atoms with Gasteiger partial charge in [-0.05, 0) is 51.3 Å². The van der Waals surface area contributed by atoms with E-state index < -0.39 is 11.7 Å². The van der Waals surface area contributed by atoms with Crippen LogP contribution in [0, 0.1) is 0 Å². The van der Waals surface area contributed by atoms with E-state index in [4.69, 9.17) is 9.47 Å². The lowest BCUT2D eigenvalue weighted by atomic mass is 10.1. The normalized spacial score (nSPS) is 19.0. The van der Waals surface area contributed by atoms with Gasteiger partial charge in [-0.25, -0.2) is 14.7 Å². The first-order chi connectivity index (χ1) is 14.8. The van der Waals surface area contributed by atoms with Crippen LogP contribution >= 0.6 is 0 Å². The van der Waals surface area contributed by atoms with Crippen LogP contribution in [0.3, 0.4) is 0 Å². The Balaban J connectivity index is 1.52. The number of morpholine rings is 1. The number of nitrogens with zero attached hydrogens (tertiary/aromatic N) is 4. The summed E-state index contributed by atoms with van der Waals surface area (Å²) in [5.74, 6) is 0.230. The second kappa shape index (κ2) is 7.37. The van der Waals surface area contributed by atoms with Crippen LogP contribution in [0.2, 0.25) is 0 Å². The average Bonchev–Trinajstić information content (AvgIpc) is 3.37. The molecule has 2 aromatic rings. The lowest BCUT2D eigenvalue weighted by molar-refractivity contribution is 0.0248. The predicted octanol–water partition coefficient (Wildman–Crippen LogP) is 3.48. The third-order valence-corrected chi connectivity index (χ3v) is 5.85. The summed E-state index contributed by atoms with van der Waals surface area (Å²) in [7, 11) is 0. The smallest absolute Gasteiger partial charge is 0.417 e. The second-order valence-corrected chi connectivity index (χ2v) is 9.45. The topological polar surface area (TPSA) is 76.9 Å². The summed E-state index contributed by atoms with van der Waals surface area (Å²) in [5, 5.41) is 0. The Morgan fingerprint density at radius 1 is 1.16 bits per heavy atom. The van der Waals surface area contributed by atoms with Crippen LogP contribution in [-0.2, 0) is 16.0 Å². The van der Waals surface area contributed by atoms with E-state index in [0.717, 1.165) is 35.7 Å². The average molecular weight is 425 g/mol. The molecule has 8 nitrogen and oxygen atoms in total. The van der Waals surface area contributed by atoms with Gasteiger partial charge in [-0.15, -0.1) is 0 Å². The Kier molecular flexibility index (Phi) is 4.77. The molecule has 3 heterocycles. The molecule has 0 bridgehead atoms. The van der Waals surface area contributed by atoms with Gasteiger partial charge < -0.3 is 18.9 Å². The molecule has 1 aromatic heterocycles. The number of imide groups is 1. The van der Waals surface area contributed by atoms with Crippen LogP contribution < -0.4 is 4.90 Å². The number of carbonyl (C=O) groups excluding carboxylic acids is 2. The minimum absolute atomic E-state index is 0.220. The number of amides is 2. The first-order valence-electron chi connectivity index (χ1n) is 10.9. The number of fused-ring (bicyclic) bond motifs is 1. The van der Waals surface area contributed by atoms with E-state index in [0.29, 0.717) is 24.7 Å². The lowest BCUT2D eigenvalue weighted by Gasteiger charge is -2.31. The Morgan fingerprint density at radius 2 is 1.90 bits per heavy atom. The van der Waals surface area contributed by atoms with E-state index in [1.807, 2.05) is 23.0 Å². The molecule has 5 rings (SSSR count). The maximum absolute atomic E-state index is 13.1. The van der Waals surface area contributed by atoms with Crippen molar-refractivity contribution < 1.29 is 19.1 Å². The monoisotopic (exact) mass is 424 g/mol. The summed E-state index contributed by atoms with van der Waals surface area (Å²) in [6.07, 6.45) is 5.64. The van der Waals surface area contributed by atoms with Gasteiger partial charge in [0.1, 0.15) is 5.60 Å². The highest BCUT2D eigenvalue weighted by Crippen LogP contribution is 2.40. The van der Waals surface area contributed by atoms with Gasteiger partial charge in [-0.2, -0.15) is 0 Å². The van der Waals surface area contributed by atoms with Gasteiger partial charge in [-0.1, -0.05) is 0 Å². The van der Waals surface area contributed by atoms with Gasteiger partial charge in [0.15, 0.2) is 0 Å². The van der Waals surface area contributed by atoms with Crippen molar-refractivity contribution in [2.45, 2.75) is 51.7 Å². The molecule has 8 heteroatoms. The van der Waals surface area contributed by atoms with Crippen LogP contribution in [0.15, 0.2) is 24.7 Å². The Hall–Kier alpha value is -2.87. The zero-order valence-corrected chi connectivity index (χ0v) is 18.3. The highest BCUT2D eigenvalue weighted by atomic mass is 16.6. The van der Waals surface area contributed by atoms with E-state index in [2.05, 4.69) is 16.1 Å². The van der Waals surface area contributed by atoms with Crippen LogP contribution in [0.25, 0.3) is 5.69 Å². The summed E-state index contributed by atoms with van der Waals surface area (Å²) in [6.45, 7) is 8.49. The molecular weight excluding hydrogens is 396 g/mol. The maximum atomic E-state index is 13.1. The van der Waals surface area contributed by atoms with Crippen molar-refractivity contribution in [2.24, 2.45) is 0 Å². The van der Waals surface area contributed by atoms with Crippen LogP contribution in [0.5, 0.6) is 0 Å². The third-order valence-electron chi connectivity index (χ3n) is 5.85. The Morgan fingerprint density at radius 3 is 2.58 bits per heavy atom. The standard InChI is InChI=1S/C23H28N4O4/c1-23(2,3)31-22(29)27-12-16-10-19(25-6-8-30-9-7-25)20(11-17(16)21(27)28)26-13-18(24-14-26)15-4-5-15/h10-11,13-15H,4-9,12H2,1-3H3. The zero-order chi connectivity index (χ0) is 21.8. The minimum Gasteiger partial charge on any atom is -0.443 e. The number of ether oxygens (including phenoxy) is 2. The van der Waals surface area contributed by atoms with E-state index in [1.165, 1.54) is 17.7 Å². The van der Waals surface area contributed by atoms with Crippen molar-refractivity contribution in [2.75, 3.05) is 31.2 Å². The molecule has 2 amide bonds. The van der Waals surface area contributed by atoms with Crippen molar-refractivity contribution in [3.63, 3.8) is 0 Å². The quantitative estimate of drug-likeness (QED) is 0.751. The first-order valence-corrected chi connectivity index (χ1v) is 10.9. The number of hydrogen-bond donors (Lipinski definition) is 0. The highest BCUT2D eigenvalue weighted by Gasteiger charge is 2.36. The van der Waals surface area contributed by atoms with Gasteiger partial charge in [0.25, 0.3) is 5.91 Å². The van der Waals surface area contributed by atoms with Gasteiger partial charge in [0, 0.05) is 30.8 Å². The van der Waals surface area contributed by atoms with E-state index in [9.17, 15) is 9.59 Å². The summed E-state index contributed by atoms with van der Waals surface area (Å²) in [6, 6.07) is 3.93. The Labute approximate surface area is 181 Å². The molecule has 164 valence electrons. The molecule has 1 aromatic carbocycles. The summed E-state index contributed by atoms with van der Waals surface area (Å²) >= 11 is 0. The molecular formula is C23H28N4O4. The van der Waals surface area contributed by atoms with E-state index in [1.54, 1.807) is 20.8 Å². The zero-order valence-electron chi connectivity index (χ0n) is 18.3. The van der Waals surface area contributed by atoms with Gasteiger partial charge in [-0.3, -0.25) is 4.79 Å². The summed E-state index contributed by atoms with van der Waals surface area (Å²) < 4.78 is 13.0. The fourth-order valence-electron chi connectivity index (χ4n) is 4.13. The fraction of sp³-hybridized carbons (Fsp3) is 0.522. The predicted molar refractivity (Wildman–Crippen MR) is 115 cm³/mol. The maximum Gasteiger partial charge on any atom is 0.417 e. The van der Waals surface area contributed by atoms with Crippen molar-refractivity contribution in [1.29, 1.82) is 0 Å². The molecule has 2 fully saturated rings. The number of benzene rings is 1. The van der Waals surface area contributed by atoms with E-state index >= 15 is 0 Å². The summed E-state index contributed by atoms with van der Waals surface area (Å²) in [4.78, 5) is 33.7. The molecule has 1 aliphatic carbocycles. The SMILES string of the molecule is CC(C)(C)OC(=O)N1Cc2cc(N3CCOCC3)c(-n3cnc(C4CC4)c3)cc2C1=O. The molecule has 0 radical (unpaired) electrons. The van der Waals surface area contributed by atoms with Crippen LogP contribution in [0.1, 0.15) is 61.1 Å². The number of imidazole rings is 1. The minimum atomic E-state index is -0.660. The molecule has 31 heavy (non-hydrogen) atoms. The Bertz CT molecular complexity index is 1030. The van der Waals surface area contributed by atoms with Gasteiger partial charge >= 0.3 is 6.09 Å². The summed E-state index contributed by atoms with van der Waals surface area (Å²) in [5.41, 5.74) is 3.74. The number of aromatic nitrogens is 2. The van der Waals surface area contributed by atoms with E-state index in [-0.39, 0.29) is 12.5 Å². The largest absolute Gasteiger partial charge is 0.443 e. The molecule has 1 saturated heterocycles. The van der Waals surface area contributed by atoms with Crippen LogP contribution in [0.4, 0.5) is 10.5 Å². The molecule has 2 aliphatic heterocycles. The molecule has 0 N–H and O–H groups in total. The lowest BCUT2D eigenvalue weighted by Crippen LogP contribution is -2.36. The van der Waals surface area contributed by atoms with Gasteiger partial charge in [0.2, 0.25) is 0 Å². The molecule has 1 saturated carbocycles. The second-order valence-electron chi connectivity index (χ2n) is 9.45. The van der Waals surface area contributed by atoms with Gasteiger partial charge in [0.05, 0.1) is 43.2 Å². The van der Waals surface area contributed by atoms with Crippen molar-refractivity contribution >= 4 is 17.7 Å². The van der Waals surface area contributed by atoms with Crippen LogP contribution in [-0.4, -0.2) is 58.4 Å². The molecule has 0 spiro atoms. The number of hydrogen-bond acceptors (Lipinski definition) is 6.